The van der Waals surface area contributed by atoms with Gasteiger partial charge >= 0.3 is 0 Å². The summed E-state index contributed by atoms with van der Waals surface area (Å²) in [7, 11) is 0. The molecule has 1 rings (SSSR count). The van der Waals surface area contributed by atoms with E-state index in [1.807, 2.05) is 24.9 Å². The highest BCUT2D eigenvalue weighted by atomic mass is 32.2. The summed E-state index contributed by atoms with van der Waals surface area (Å²) in [5.74, 6) is 1.08. The van der Waals surface area contributed by atoms with Crippen molar-refractivity contribution in [3.63, 3.8) is 0 Å². The monoisotopic (exact) mass is 216 g/mol. The Balaban J connectivity index is 2.26. The maximum absolute atomic E-state index is 5.48. The predicted octanol–water partition coefficient (Wildman–Crippen LogP) is 2.42. The second-order valence-corrected chi connectivity index (χ2v) is 5.79. The van der Waals surface area contributed by atoms with Gasteiger partial charge in [-0.3, -0.25) is 0 Å². The van der Waals surface area contributed by atoms with E-state index in [0.29, 0.717) is 5.25 Å². The van der Waals surface area contributed by atoms with Crippen molar-refractivity contribution in [2.75, 3.05) is 6.54 Å². The Kier molecular flexibility index (Phi) is 4.77. The van der Waals surface area contributed by atoms with Gasteiger partial charge in [0.1, 0.15) is 0 Å². The minimum atomic E-state index is 0.660. The molecule has 0 fully saturated rings. The number of thiazole rings is 1. The van der Waals surface area contributed by atoms with Crippen molar-refractivity contribution in [3.05, 3.63) is 16.1 Å². The fourth-order valence-electron chi connectivity index (χ4n) is 1.01. The Bertz CT molecular complexity index is 248. The van der Waals surface area contributed by atoms with E-state index in [2.05, 4.69) is 11.9 Å². The molecule has 1 aromatic heterocycles. The average molecular weight is 216 g/mol. The van der Waals surface area contributed by atoms with Crippen molar-refractivity contribution in [3.8, 4) is 0 Å². The molecule has 0 aliphatic heterocycles. The molecule has 1 unspecified atom stereocenters. The number of nitrogens with zero attached hydrogens (tertiary/aromatic N) is 1. The van der Waals surface area contributed by atoms with Crippen LogP contribution >= 0.6 is 23.1 Å². The molecule has 0 spiro atoms. The van der Waals surface area contributed by atoms with Crippen LogP contribution < -0.4 is 5.73 Å². The molecular weight excluding hydrogens is 200 g/mol. The summed E-state index contributed by atoms with van der Waals surface area (Å²) in [6.07, 6.45) is 3.07. The largest absolute Gasteiger partial charge is 0.330 e. The minimum absolute atomic E-state index is 0.660. The first kappa shape index (κ1) is 11.0. The van der Waals surface area contributed by atoms with Crippen LogP contribution in [0.15, 0.2) is 6.20 Å². The van der Waals surface area contributed by atoms with Crippen molar-refractivity contribution < 1.29 is 0 Å². The van der Waals surface area contributed by atoms with E-state index in [4.69, 9.17) is 5.73 Å². The summed E-state index contributed by atoms with van der Waals surface area (Å²) in [5, 5.41) is 1.81. The summed E-state index contributed by atoms with van der Waals surface area (Å²) in [6, 6.07) is 0. The van der Waals surface area contributed by atoms with E-state index >= 15 is 0 Å². The standard InChI is InChI=1S/C9H16N2S2/c1-7(3-4-10)12-6-9-5-11-8(2)13-9/h5,7H,3-4,6,10H2,1-2H3. The molecule has 4 heteroatoms. The quantitative estimate of drug-likeness (QED) is 0.821. The molecule has 0 aromatic carbocycles. The van der Waals surface area contributed by atoms with Crippen molar-refractivity contribution in [2.45, 2.75) is 31.3 Å². The van der Waals surface area contributed by atoms with Crippen LogP contribution in [0.3, 0.4) is 0 Å². The zero-order valence-electron chi connectivity index (χ0n) is 8.12. The first-order valence-electron chi connectivity index (χ1n) is 4.45. The van der Waals surface area contributed by atoms with Crippen molar-refractivity contribution in [2.24, 2.45) is 5.73 Å². The van der Waals surface area contributed by atoms with E-state index < -0.39 is 0 Å². The fraction of sp³-hybridized carbons (Fsp3) is 0.667. The average Bonchev–Trinajstić information content (AvgIpc) is 2.49. The van der Waals surface area contributed by atoms with E-state index in [0.717, 1.165) is 23.7 Å². The van der Waals surface area contributed by atoms with Gasteiger partial charge < -0.3 is 5.73 Å². The summed E-state index contributed by atoms with van der Waals surface area (Å²) in [5.41, 5.74) is 5.48. The zero-order valence-corrected chi connectivity index (χ0v) is 9.75. The lowest BCUT2D eigenvalue weighted by Crippen LogP contribution is -2.06. The van der Waals surface area contributed by atoms with Gasteiger partial charge in [-0.05, 0) is 19.9 Å². The van der Waals surface area contributed by atoms with Crippen molar-refractivity contribution >= 4 is 23.1 Å². The molecule has 0 aliphatic carbocycles. The Morgan fingerprint density at radius 3 is 3.00 bits per heavy atom. The van der Waals surface area contributed by atoms with Gasteiger partial charge in [0.25, 0.3) is 0 Å². The van der Waals surface area contributed by atoms with Gasteiger partial charge in [0.2, 0.25) is 0 Å². The Hall–Kier alpha value is -0.0600. The molecule has 0 aliphatic rings. The summed E-state index contributed by atoms with van der Waals surface area (Å²) >= 11 is 3.74. The lowest BCUT2D eigenvalue weighted by molar-refractivity contribution is 0.823. The number of aromatic nitrogens is 1. The number of aryl methyl sites for hydroxylation is 1. The Morgan fingerprint density at radius 1 is 1.69 bits per heavy atom. The van der Waals surface area contributed by atoms with Crippen LogP contribution in [0.4, 0.5) is 0 Å². The maximum atomic E-state index is 5.48. The van der Waals surface area contributed by atoms with E-state index in [1.54, 1.807) is 11.3 Å². The zero-order chi connectivity index (χ0) is 9.68. The maximum Gasteiger partial charge on any atom is 0.0897 e. The van der Waals surface area contributed by atoms with E-state index in [9.17, 15) is 0 Å². The number of hydrogen-bond acceptors (Lipinski definition) is 4. The second-order valence-electron chi connectivity index (χ2n) is 3.04. The number of nitrogens with two attached hydrogens (primary N) is 1. The van der Waals surface area contributed by atoms with Crippen molar-refractivity contribution in [1.29, 1.82) is 0 Å². The molecule has 1 heterocycles. The lowest BCUT2D eigenvalue weighted by Gasteiger charge is -2.07. The molecular formula is C9H16N2S2. The predicted molar refractivity (Wildman–Crippen MR) is 61.3 cm³/mol. The third-order valence-electron chi connectivity index (χ3n) is 1.75. The molecule has 13 heavy (non-hydrogen) atoms. The van der Waals surface area contributed by atoms with Crippen LogP contribution in [-0.4, -0.2) is 16.8 Å². The lowest BCUT2D eigenvalue weighted by atomic mass is 10.3. The SMILES string of the molecule is Cc1ncc(CSC(C)CCN)s1. The first-order valence-corrected chi connectivity index (χ1v) is 6.32. The highest BCUT2D eigenvalue weighted by Crippen LogP contribution is 2.22. The number of thioether (sulfide) groups is 1. The van der Waals surface area contributed by atoms with Crippen LogP contribution in [0.2, 0.25) is 0 Å². The molecule has 0 bridgehead atoms. The topological polar surface area (TPSA) is 38.9 Å². The molecule has 1 atom stereocenters. The van der Waals surface area contributed by atoms with E-state index in [1.165, 1.54) is 4.88 Å². The first-order chi connectivity index (χ1) is 6.22. The van der Waals surface area contributed by atoms with Gasteiger partial charge in [0.15, 0.2) is 0 Å². The smallest absolute Gasteiger partial charge is 0.0897 e. The van der Waals surface area contributed by atoms with Gasteiger partial charge in [-0.15, -0.1) is 11.3 Å². The second kappa shape index (κ2) is 5.62. The van der Waals surface area contributed by atoms with Crippen LogP contribution in [0, 0.1) is 6.92 Å². The molecule has 0 saturated carbocycles. The third-order valence-corrected chi connectivity index (χ3v) is 4.13. The molecule has 2 nitrogen and oxygen atoms in total. The summed E-state index contributed by atoms with van der Waals surface area (Å²) < 4.78 is 0. The minimum Gasteiger partial charge on any atom is -0.330 e. The van der Waals surface area contributed by atoms with Gasteiger partial charge in [0.05, 0.1) is 5.01 Å². The van der Waals surface area contributed by atoms with Crippen molar-refractivity contribution in [1.82, 2.24) is 4.98 Å². The van der Waals surface area contributed by atoms with Gasteiger partial charge in [-0.1, -0.05) is 6.92 Å². The van der Waals surface area contributed by atoms with Crippen LogP contribution in [0.1, 0.15) is 23.2 Å². The van der Waals surface area contributed by atoms with Gasteiger partial charge in [-0.2, -0.15) is 11.8 Å². The molecule has 0 amide bonds. The summed E-state index contributed by atoms with van der Waals surface area (Å²) in [4.78, 5) is 5.59. The molecule has 0 saturated heterocycles. The summed E-state index contributed by atoms with van der Waals surface area (Å²) in [6.45, 7) is 5.06. The molecule has 0 radical (unpaired) electrons. The Morgan fingerprint density at radius 2 is 2.46 bits per heavy atom. The number of rotatable bonds is 5. The van der Waals surface area contributed by atoms with Crippen LogP contribution in [0.5, 0.6) is 0 Å². The van der Waals surface area contributed by atoms with Crippen LogP contribution in [0.25, 0.3) is 0 Å². The third kappa shape index (κ3) is 4.11. The Labute approximate surface area is 87.9 Å². The molecule has 74 valence electrons. The normalized spacial score (nSPS) is 13.2. The van der Waals surface area contributed by atoms with Crippen LogP contribution in [-0.2, 0) is 5.75 Å². The van der Waals surface area contributed by atoms with Gasteiger partial charge in [0, 0.05) is 22.1 Å². The fourth-order valence-corrected chi connectivity index (χ4v) is 2.87. The molecule has 1 aromatic rings. The van der Waals surface area contributed by atoms with Gasteiger partial charge in [-0.25, -0.2) is 4.98 Å². The number of hydrogen-bond donors (Lipinski definition) is 1. The molecule has 2 N–H and O–H groups in total. The highest BCUT2D eigenvalue weighted by molar-refractivity contribution is 7.99. The highest BCUT2D eigenvalue weighted by Gasteiger charge is 2.03. The van der Waals surface area contributed by atoms with E-state index in [-0.39, 0.29) is 0 Å².